The summed E-state index contributed by atoms with van der Waals surface area (Å²) in [4.78, 5) is 80.4. The summed E-state index contributed by atoms with van der Waals surface area (Å²) >= 11 is 0. The molecule has 42 nitrogen and oxygen atoms in total. The SMILES string of the molecule is CCCCCCCCCCCCCCCC(=O)N[C@@H](CO[C@@H]1O[C@H](CO)[C@@H](O[C@@H]2O[C@H](CO)[C@H](O[C@@H]3O[C@H](CO)[C@H](O)[C@H](O[C@@H]4O[C@H](CO)[C@H](O)[C@H](O)[C@H]4O)[C@H]3CC(C)=O)[C@H](O[C@]3(C(=O)O)C[C@H](O)[C@@H](NC(C)=O)C([C@H](O)[C@@H](CO)O[C@]4(C(=O)O)C[C@H](O)[C@@H](NC(C)=O)C([C@H](O)[C@H](O)CO)O4)O3)[C@H]2O)[C@H](O)[C@H]1O)[C@H](O)CCCCCCCCCCCCCCC. The van der Waals surface area contributed by atoms with Crippen LogP contribution >= 0.6 is 0 Å². The summed E-state index contributed by atoms with van der Waals surface area (Å²) in [7, 11) is 0. The Bertz CT molecular complexity index is 3110. The van der Waals surface area contributed by atoms with Crippen molar-refractivity contribution in [3.05, 3.63) is 0 Å². The van der Waals surface area contributed by atoms with E-state index in [1.807, 2.05) is 0 Å². The quantitative estimate of drug-likeness (QED) is 0.0265. The van der Waals surface area contributed by atoms with Gasteiger partial charge in [0.15, 0.2) is 25.2 Å². The second-order valence-electron chi connectivity index (χ2n) is 34.2. The number of nitrogens with one attached hydrogen (secondary N) is 3. The molecule has 34 atom stereocenters. The lowest BCUT2D eigenvalue weighted by atomic mass is 9.86. The molecule has 6 saturated heterocycles. The van der Waals surface area contributed by atoms with Crippen LogP contribution in [0.25, 0.3) is 0 Å². The Morgan fingerprint density at radius 3 is 1.32 bits per heavy atom. The maximum absolute atomic E-state index is 14.4. The molecule has 24 N–H and O–H groups in total. The Hall–Kier alpha value is -4.22. The van der Waals surface area contributed by atoms with Gasteiger partial charge in [0.05, 0.1) is 88.8 Å². The topological polar surface area (TPSA) is 674 Å². The van der Waals surface area contributed by atoms with Gasteiger partial charge in [-0.25, -0.2) is 9.59 Å². The van der Waals surface area contributed by atoms with Crippen LogP contribution in [0.2, 0.25) is 0 Å². The molecule has 0 radical (unpaired) electrons. The first kappa shape index (κ1) is 110. The maximum Gasteiger partial charge on any atom is 0.364 e. The number of ether oxygens (including phenoxy) is 12. The molecule has 0 spiro atoms. The Balaban J connectivity index is 1.34. The van der Waals surface area contributed by atoms with Crippen LogP contribution < -0.4 is 16.0 Å². The Morgan fingerprint density at radius 2 is 0.840 bits per heavy atom. The molecule has 6 aliphatic heterocycles. The number of carboxylic acid groups (broad SMARTS) is 2. The van der Waals surface area contributed by atoms with E-state index in [0.717, 1.165) is 91.4 Å². The zero-order valence-corrected chi connectivity index (χ0v) is 72.6. The third kappa shape index (κ3) is 31.7. The van der Waals surface area contributed by atoms with Crippen molar-refractivity contribution >= 4 is 35.4 Å². The molecule has 6 aliphatic rings. The fourth-order valence-electron chi connectivity index (χ4n) is 17.1. The smallest absolute Gasteiger partial charge is 0.364 e. The highest BCUT2D eigenvalue weighted by atomic mass is 16.8. The van der Waals surface area contributed by atoms with E-state index in [2.05, 4.69) is 29.8 Å². The highest BCUT2D eigenvalue weighted by molar-refractivity contribution is 5.78. The Labute approximate surface area is 728 Å². The predicted octanol–water partition coefficient (Wildman–Crippen LogP) is -3.33. The van der Waals surface area contributed by atoms with Crippen LogP contribution in [0.4, 0.5) is 0 Å². The van der Waals surface area contributed by atoms with Gasteiger partial charge in [-0.2, -0.15) is 0 Å². The molecule has 42 heteroatoms. The van der Waals surface area contributed by atoms with E-state index in [1.54, 1.807) is 0 Å². The monoisotopic (exact) mass is 1810 g/mol. The molecule has 2 unspecified atom stereocenters. The van der Waals surface area contributed by atoms with E-state index < -0.39 is 308 Å². The maximum atomic E-state index is 14.4. The van der Waals surface area contributed by atoms with Crippen LogP contribution in [0.15, 0.2) is 0 Å². The van der Waals surface area contributed by atoms with E-state index in [4.69, 9.17) is 56.8 Å². The molecular weight excluding hydrogens is 1660 g/mol. The van der Waals surface area contributed by atoms with E-state index in [9.17, 15) is 136 Å². The van der Waals surface area contributed by atoms with Gasteiger partial charge in [-0.3, -0.25) is 14.4 Å². The number of aliphatic hydroxyl groups is 19. The van der Waals surface area contributed by atoms with E-state index >= 15 is 0 Å². The summed E-state index contributed by atoms with van der Waals surface area (Å²) < 4.78 is 72.5. The van der Waals surface area contributed by atoms with Crippen LogP contribution in [-0.4, -0.2) is 390 Å². The summed E-state index contributed by atoms with van der Waals surface area (Å²) in [5, 5.41) is 245. The van der Waals surface area contributed by atoms with Crippen molar-refractivity contribution in [1.82, 2.24) is 16.0 Å². The van der Waals surface area contributed by atoms with Gasteiger partial charge in [-0.1, -0.05) is 174 Å². The van der Waals surface area contributed by atoms with E-state index in [-0.39, 0.29) is 12.8 Å². The number of carbonyl (C=O) groups excluding carboxylic acids is 4. The van der Waals surface area contributed by atoms with Gasteiger partial charge in [0, 0.05) is 45.4 Å². The molecule has 0 saturated carbocycles. The first-order valence-corrected chi connectivity index (χ1v) is 44.8. The molecule has 0 aromatic rings. The van der Waals surface area contributed by atoms with Crippen LogP contribution in [0.3, 0.4) is 0 Å². The minimum Gasteiger partial charge on any atom is -0.477 e. The number of rotatable bonds is 59. The minimum atomic E-state index is -3.67. The molecular formula is C83H147N3O39. The van der Waals surface area contributed by atoms with Crippen LogP contribution in [-0.2, 0) is 85.6 Å². The molecule has 125 heavy (non-hydrogen) atoms. The fourth-order valence-corrected chi connectivity index (χ4v) is 17.1. The molecule has 0 bridgehead atoms. The van der Waals surface area contributed by atoms with Crippen molar-refractivity contribution in [2.24, 2.45) is 5.92 Å². The van der Waals surface area contributed by atoms with Crippen molar-refractivity contribution < 1.29 is 193 Å². The molecule has 3 amide bonds. The largest absolute Gasteiger partial charge is 0.477 e. The first-order chi connectivity index (χ1) is 59.6. The molecule has 728 valence electrons. The first-order valence-electron chi connectivity index (χ1n) is 44.8. The number of aliphatic hydroxyl groups excluding tert-OH is 19. The lowest BCUT2D eigenvalue weighted by Crippen LogP contribution is -2.72. The van der Waals surface area contributed by atoms with Crippen molar-refractivity contribution in [2.45, 2.75) is 435 Å². The minimum absolute atomic E-state index is 0.112. The summed E-state index contributed by atoms with van der Waals surface area (Å²) in [6.07, 6.45) is -36.4. The number of Topliss-reactive ketones (excluding diaryl/α,β-unsaturated/α-hetero) is 1. The number of unbranched alkanes of at least 4 members (excludes halogenated alkanes) is 24. The molecule has 0 aromatic heterocycles. The van der Waals surface area contributed by atoms with E-state index in [0.29, 0.717) is 12.8 Å². The number of ketones is 1. The zero-order chi connectivity index (χ0) is 92.4. The standard InChI is InChI=1S/C83H147N3O39/c1-6-8-10-12-14-16-18-20-22-24-26-28-30-32-49(96)48(86-58(100)33-31-29-27-25-23-21-19-17-15-13-11-9-7-2)43-114-77-68(108)66(106)71(56(41-91)117-77)120-79-69(109)75(72(57(42-92)118-79)121-76-47(34-44(3)93)70(63(103)54(39-89)115-76)119-78-67(107)65(105)62(102)53(38-88)116-78)125-83(81(112)113)36-51(98)60(85-46(5)95)74(124-83)64(104)55(40-90)122-82(80(110)111)35-50(97)59(84-45(4)94)73(123-82)61(101)52(99)37-87/h47-57,59-79,87-92,96-99,101-109H,6-43H2,1-5H3,(H,84,94)(H,85,95)(H,86,100)(H,110,111)(H,112,113)/t47-,48+,49-,50+,51+,52-,53-,54-,55-,56-,57-,59-,60-,61-,62+,63+,64-,65+,66-,67-,68-,69-,70-,71-,72+,73?,74?,75-,76+,77-,78+,79+,82-,83+/m1/s1. The van der Waals surface area contributed by atoms with Crippen molar-refractivity contribution in [3.8, 4) is 0 Å². The van der Waals surface area contributed by atoms with Gasteiger partial charge >= 0.3 is 11.9 Å². The summed E-state index contributed by atoms with van der Waals surface area (Å²) in [5.41, 5.74) is 0. The molecule has 6 fully saturated rings. The summed E-state index contributed by atoms with van der Waals surface area (Å²) in [5.74, 6) is -16.5. The zero-order valence-electron chi connectivity index (χ0n) is 72.6. The number of aliphatic carboxylic acids is 2. The summed E-state index contributed by atoms with van der Waals surface area (Å²) in [6, 6.07) is -5.00. The predicted molar refractivity (Wildman–Crippen MR) is 432 cm³/mol. The number of carboxylic acids is 2. The van der Waals surface area contributed by atoms with Crippen molar-refractivity contribution in [2.75, 3.05) is 46.2 Å². The van der Waals surface area contributed by atoms with Gasteiger partial charge in [0.25, 0.3) is 11.6 Å². The molecule has 6 heterocycles. The average Bonchev–Trinajstić information content (AvgIpc) is 0.745. The third-order valence-electron chi connectivity index (χ3n) is 24.2. The Kier molecular flexibility index (Phi) is 48.5. The molecule has 0 aromatic carbocycles. The van der Waals surface area contributed by atoms with Gasteiger partial charge < -0.3 is 185 Å². The lowest BCUT2D eigenvalue weighted by molar-refractivity contribution is -0.407. The van der Waals surface area contributed by atoms with Gasteiger partial charge in [0.2, 0.25) is 17.7 Å². The second-order valence-corrected chi connectivity index (χ2v) is 34.2. The van der Waals surface area contributed by atoms with E-state index in [1.165, 1.54) is 83.5 Å². The average molecular weight is 1810 g/mol. The second kappa shape index (κ2) is 55.3. The fraction of sp³-hybridized carbons (Fsp3) is 0.928. The normalized spacial score (nSPS) is 35.5. The highest BCUT2D eigenvalue weighted by Gasteiger charge is 2.64. The van der Waals surface area contributed by atoms with Crippen LogP contribution in [0.5, 0.6) is 0 Å². The lowest BCUT2D eigenvalue weighted by Gasteiger charge is -2.53. The highest BCUT2D eigenvalue weighted by Crippen LogP contribution is 2.44. The van der Waals surface area contributed by atoms with Crippen molar-refractivity contribution in [3.63, 3.8) is 0 Å². The number of amides is 3. The van der Waals surface area contributed by atoms with Crippen molar-refractivity contribution in [1.29, 1.82) is 0 Å². The van der Waals surface area contributed by atoms with Gasteiger partial charge in [0.1, 0.15) is 128 Å². The van der Waals surface area contributed by atoms with Gasteiger partial charge in [-0.15, -0.1) is 0 Å². The molecule has 6 rings (SSSR count). The van der Waals surface area contributed by atoms with Gasteiger partial charge in [-0.05, 0) is 19.8 Å². The number of hydrogen-bond acceptors (Lipinski definition) is 37. The molecule has 0 aliphatic carbocycles. The number of hydrogen-bond donors (Lipinski definition) is 24. The third-order valence-corrected chi connectivity index (χ3v) is 24.2. The van der Waals surface area contributed by atoms with Crippen LogP contribution in [0.1, 0.15) is 234 Å². The number of carbonyl (C=O) groups is 6. The Morgan fingerprint density at radius 1 is 0.424 bits per heavy atom. The summed E-state index contributed by atoms with van der Waals surface area (Å²) in [6.45, 7) is -0.726. The van der Waals surface area contributed by atoms with Crippen LogP contribution in [0, 0.1) is 5.92 Å².